The summed E-state index contributed by atoms with van der Waals surface area (Å²) in [7, 11) is 0. The molecule has 0 unspecified atom stereocenters. The number of nitrogens with zero attached hydrogens (tertiary/aromatic N) is 2. The highest BCUT2D eigenvalue weighted by molar-refractivity contribution is 6.11. The van der Waals surface area contributed by atoms with E-state index < -0.39 is 0 Å². The van der Waals surface area contributed by atoms with Crippen molar-refractivity contribution in [2.24, 2.45) is 0 Å². The van der Waals surface area contributed by atoms with Crippen LogP contribution in [0, 0.1) is 0 Å². The molecule has 2 aromatic heterocycles. The number of benzene rings is 3. The zero-order chi connectivity index (χ0) is 28.2. The fraction of sp³-hybridized carbons (Fsp3) is 0.0789. The third kappa shape index (κ3) is 4.92. The second-order valence-corrected chi connectivity index (χ2v) is 9.95. The lowest BCUT2D eigenvalue weighted by Gasteiger charge is -2.13. The quantitative estimate of drug-likeness (QED) is 0.187. The zero-order valence-corrected chi connectivity index (χ0v) is 23.5. The van der Waals surface area contributed by atoms with Crippen molar-refractivity contribution in [3.8, 4) is 16.9 Å². The molecule has 0 fully saturated rings. The Kier molecular flexibility index (Phi) is 7.61. The summed E-state index contributed by atoms with van der Waals surface area (Å²) in [4.78, 5) is 5.29. The molecular weight excluding hydrogens is 484 g/mol. The van der Waals surface area contributed by atoms with Gasteiger partial charge in [0.15, 0.2) is 0 Å². The number of hydrogen-bond acceptors (Lipinski definition) is 1. The molecule has 0 radical (unpaired) electrons. The summed E-state index contributed by atoms with van der Waals surface area (Å²) in [5, 5.41) is 2.24. The van der Waals surface area contributed by atoms with Gasteiger partial charge in [-0.2, -0.15) is 0 Å². The molecular formula is C38H34N2. The third-order valence-corrected chi connectivity index (χ3v) is 7.22. The first-order chi connectivity index (χ1) is 19.5. The van der Waals surface area contributed by atoms with Gasteiger partial charge in [0.05, 0.1) is 16.7 Å². The van der Waals surface area contributed by atoms with Gasteiger partial charge in [0, 0.05) is 33.8 Å². The number of pyridine rings is 1. The van der Waals surface area contributed by atoms with Crippen LogP contribution < -0.4 is 0 Å². The number of hydrogen-bond donors (Lipinski definition) is 0. The summed E-state index contributed by atoms with van der Waals surface area (Å²) in [5.74, 6) is 0. The van der Waals surface area contributed by atoms with Gasteiger partial charge < -0.3 is 4.57 Å². The fourth-order valence-corrected chi connectivity index (χ4v) is 5.25. The van der Waals surface area contributed by atoms with Crippen LogP contribution in [-0.2, 0) is 0 Å². The minimum absolute atomic E-state index is 0.937. The Morgan fingerprint density at radius 1 is 0.800 bits per heavy atom. The van der Waals surface area contributed by atoms with Crippen LogP contribution >= 0.6 is 0 Å². The van der Waals surface area contributed by atoms with Gasteiger partial charge in [-0.1, -0.05) is 116 Å². The van der Waals surface area contributed by atoms with Crippen LogP contribution in [0.15, 0.2) is 146 Å². The molecule has 0 bridgehead atoms. The highest BCUT2D eigenvalue weighted by Crippen LogP contribution is 2.38. The second-order valence-electron chi connectivity index (χ2n) is 9.95. The summed E-state index contributed by atoms with van der Waals surface area (Å²) >= 11 is 0. The Bertz CT molecular complexity index is 1840. The van der Waals surface area contributed by atoms with Crippen molar-refractivity contribution in [2.45, 2.75) is 20.8 Å². The van der Waals surface area contributed by atoms with Crippen LogP contribution in [0.1, 0.15) is 31.9 Å². The maximum absolute atomic E-state index is 5.29. The predicted molar refractivity (Wildman–Crippen MR) is 175 cm³/mol. The first-order valence-corrected chi connectivity index (χ1v) is 13.5. The first-order valence-electron chi connectivity index (χ1n) is 13.5. The van der Waals surface area contributed by atoms with E-state index in [1.54, 1.807) is 0 Å². The molecule has 5 rings (SSSR count). The topological polar surface area (TPSA) is 17.8 Å². The third-order valence-electron chi connectivity index (χ3n) is 7.22. The van der Waals surface area contributed by atoms with E-state index in [2.05, 4.69) is 123 Å². The molecule has 0 saturated heterocycles. The van der Waals surface area contributed by atoms with Gasteiger partial charge in [0.25, 0.3) is 0 Å². The van der Waals surface area contributed by atoms with Gasteiger partial charge in [0.1, 0.15) is 0 Å². The first kappa shape index (κ1) is 26.6. The molecule has 0 spiro atoms. The van der Waals surface area contributed by atoms with Crippen molar-refractivity contribution >= 4 is 33.0 Å². The summed E-state index contributed by atoms with van der Waals surface area (Å²) in [6.07, 6.45) is 12.3. The maximum Gasteiger partial charge on any atom is 0.0962 e. The van der Waals surface area contributed by atoms with Crippen molar-refractivity contribution in [3.63, 3.8) is 0 Å². The Morgan fingerprint density at radius 2 is 1.45 bits per heavy atom. The van der Waals surface area contributed by atoms with E-state index in [1.807, 2.05) is 37.3 Å². The van der Waals surface area contributed by atoms with E-state index in [-0.39, 0.29) is 0 Å². The molecule has 0 amide bonds. The molecule has 0 aliphatic rings. The van der Waals surface area contributed by atoms with Crippen LogP contribution in [-0.4, -0.2) is 9.55 Å². The van der Waals surface area contributed by atoms with Gasteiger partial charge in [-0.15, -0.1) is 0 Å². The smallest absolute Gasteiger partial charge is 0.0962 e. The summed E-state index contributed by atoms with van der Waals surface area (Å²) < 4.78 is 2.27. The molecule has 3 aromatic carbocycles. The molecule has 0 aliphatic heterocycles. The number of rotatable bonds is 8. The van der Waals surface area contributed by atoms with Crippen molar-refractivity contribution in [3.05, 3.63) is 157 Å². The highest BCUT2D eigenvalue weighted by Gasteiger charge is 2.18. The second kappa shape index (κ2) is 11.4. The van der Waals surface area contributed by atoms with E-state index in [4.69, 9.17) is 4.98 Å². The van der Waals surface area contributed by atoms with Crippen molar-refractivity contribution < 1.29 is 0 Å². The Morgan fingerprint density at radius 3 is 2.08 bits per heavy atom. The number of fused-ring (bicyclic) bond motifs is 3. The lowest BCUT2D eigenvalue weighted by molar-refractivity contribution is 1.13. The van der Waals surface area contributed by atoms with Crippen LogP contribution in [0.2, 0.25) is 0 Å². The van der Waals surface area contributed by atoms with Crippen molar-refractivity contribution in [1.82, 2.24) is 9.55 Å². The van der Waals surface area contributed by atoms with E-state index in [0.717, 1.165) is 72.2 Å². The maximum atomic E-state index is 5.29. The SMILES string of the molecule is C=CC(/C=C\C)=C(C=C)\C=C(/C)c1cn(-c2ccccc2)c2c1ccc1c(C(=C)C)cc(-c3ccccc3)nc12. The number of para-hydroxylation sites is 1. The van der Waals surface area contributed by atoms with Crippen LogP contribution in [0.4, 0.5) is 0 Å². The van der Waals surface area contributed by atoms with E-state index >= 15 is 0 Å². The Hall–Kier alpha value is -4.95. The van der Waals surface area contributed by atoms with Gasteiger partial charge in [-0.05, 0) is 61.3 Å². The van der Waals surface area contributed by atoms with E-state index in [9.17, 15) is 0 Å². The highest BCUT2D eigenvalue weighted by atomic mass is 15.0. The predicted octanol–water partition coefficient (Wildman–Crippen LogP) is 10.5. The van der Waals surface area contributed by atoms with E-state index in [0.29, 0.717) is 0 Å². The summed E-state index contributed by atoms with van der Waals surface area (Å²) in [6.45, 7) is 18.6. The minimum atomic E-state index is 0.937. The molecule has 5 aromatic rings. The van der Waals surface area contributed by atoms with Gasteiger partial charge >= 0.3 is 0 Å². The van der Waals surface area contributed by atoms with Crippen LogP contribution in [0.25, 0.3) is 49.9 Å². The average Bonchev–Trinajstić information content (AvgIpc) is 3.39. The molecule has 0 N–H and O–H groups in total. The molecule has 2 nitrogen and oxygen atoms in total. The van der Waals surface area contributed by atoms with E-state index in [1.165, 1.54) is 0 Å². The minimum Gasteiger partial charge on any atom is -0.314 e. The molecule has 0 aliphatic carbocycles. The summed E-state index contributed by atoms with van der Waals surface area (Å²) in [5.41, 5.74) is 11.6. The Balaban J connectivity index is 1.89. The molecule has 2 heterocycles. The summed E-state index contributed by atoms with van der Waals surface area (Å²) in [6, 6.07) is 27.4. The fourth-order valence-electron chi connectivity index (χ4n) is 5.25. The lowest BCUT2D eigenvalue weighted by Crippen LogP contribution is -1.96. The van der Waals surface area contributed by atoms with Gasteiger partial charge in [0.2, 0.25) is 0 Å². The van der Waals surface area contributed by atoms with Crippen molar-refractivity contribution in [2.75, 3.05) is 0 Å². The molecule has 0 saturated carbocycles. The molecule has 40 heavy (non-hydrogen) atoms. The largest absolute Gasteiger partial charge is 0.314 e. The molecule has 196 valence electrons. The normalized spacial score (nSPS) is 12.6. The molecule has 2 heteroatoms. The number of allylic oxidation sites excluding steroid dienone is 9. The lowest BCUT2D eigenvalue weighted by atomic mass is 9.96. The number of aromatic nitrogens is 2. The monoisotopic (exact) mass is 518 g/mol. The van der Waals surface area contributed by atoms with Gasteiger partial charge in [-0.25, -0.2) is 4.98 Å². The average molecular weight is 519 g/mol. The zero-order valence-electron chi connectivity index (χ0n) is 23.5. The van der Waals surface area contributed by atoms with Crippen molar-refractivity contribution in [1.29, 1.82) is 0 Å². The Labute approximate surface area is 237 Å². The molecule has 0 atom stereocenters. The van der Waals surface area contributed by atoms with Crippen LogP contribution in [0.5, 0.6) is 0 Å². The standard InChI is InChI=1S/C38H34N2/c1-7-16-28(8-2)29(9-3)23-27(6)35-25-40(31-19-14-11-15-20-31)38-33(35)22-21-32-34(26(4)5)24-36(39-37(32)38)30-17-12-10-13-18-30/h7-25H,2-4H2,1,5-6H3/b16-7-,27-23+,29-28+. The van der Waals surface area contributed by atoms with Gasteiger partial charge in [-0.3, -0.25) is 0 Å². The van der Waals surface area contributed by atoms with Crippen LogP contribution in [0.3, 0.4) is 0 Å².